The molecule has 0 aromatic carbocycles. The zero-order chi connectivity index (χ0) is 7.78. The Kier molecular flexibility index (Phi) is 1.63. The second kappa shape index (κ2) is 2.19. The van der Waals surface area contributed by atoms with E-state index < -0.39 is 10.0 Å². The van der Waals surface area contributed by atoms with Crippen LogP contribution in [0.5, 0.6) is 0 Å². The maximum Gasteiger partial charge on any atom is 0.265 e. The predicted octanol–water partition coefficient (Wildman–Crippen LogP) is -0.627. The summed E-state index contributed by atoms with van der Waals surface area (Å²) in [7, 11) is -3.65. The molecule has 5 nitrogen and oxygen atoms in total. The largest absolute Gasteiger partial charge is 0.383 e. The molecule has 4 N–H and O–H groups in total. The van der Waals surface area contributed by atoms with Crippen molar-refractivity contribution in [3.63, 3.8) is 0 Å². The van der Waals surface area contributed by atoms with Crippen LogP contribution in [0.1, 0.15) is 0 Å². The van der Waals surface area contributed by atoms with Crippen molar-refractivity contribution < 1.29 is 8.42 Å². The summed E-state index contributed by atoms with van der Waals surface area (Å²) in [4.78, 5) is 3.47. The van der Waals surface area contributed by atoms with E-state index in [1.54, 1.807) is 0 Å². The lowest BCUT2D eigenvalue weighted by Gasteiger charge is -1.85. The number of nitrogens with zero attached hydrogens (tertiary/aromatic N) is 1. The van der Waals surface area contributed by atoms with Crippen molar-refractivity contribution in [2.24, 2.45) is 5.14 Å². The van der Waals surface area contributed by atoms with Gasteiger partial charge in [0.25, 0.3) is 10.0 Å². The van der Waals surface area contributed by atoms with E-state index in [9.17, 15) is 8.42 Å². The predicted molar refractivity (Wildman–Crippen MR) is 37.9 cm³/mol. The van der Waals surface area contributed by atoms with Gasteiger partial charge in [0.1, 0.15) is 5.82 Å². The lowest BCUT2D eigenvalue weighted by atomic mass is 10.9. The Bertz CT molecular complexity index is 327. The van der Waals surface area contributed by atoms with Gasteiger partial charge in [0, 0.05) is 5.38 Å². The molecule has 0 unspecified atom stereocenters. The summed E-state index contributed by atoms with van der Waals surface area (Å²) in [6.07, 6.45) is 0. The minimum absolute atomic E-state index is 0.148. The molecule has 10 heavy (non-hydrogen) atoms. The van der Waals surface area contributed by atoms with Gasteiger partial charge in [0.05, 0.1) is 0 Å². The highest BCUT2D eigenvalue weighted by Gasteiger charge is 2.11. The molecule has 1 heterocycles. The van der Waals surface area contributed by atoms with Gasteiger partial charge in [-0.25, -0.2) is 18.5 Å². The molecule has 56 valence electrons. The molecule has 0 fully saturated rings. The zero-order valence-electron chi connectivity index (χ0n) is 4.81. The standard InChI is InChI=1S/C3H5N3O2S2/c4-2-1-9-3(6-2)10(5,7)8/h1H,4H2,(H2,5,7,8). The lowest BCUT2D eigenvalue weighted by Crippen LogP contribution is -2.11. The SMILES string of the molecule is Nc1csc(S(N)(=O)=O)n1. The fourth-order valence-electron chi connectivity index (χ4n) is 0.400. The van der Waals surface area contributed by atoms with Gasteiger partial charge in [-0.05, 0) is 0 Å². The molecule has 1 rings (SSSR count). The van der Waals surface area contributed by atoms with Gasteiger partial charge in [-0.1, -0.05) is 0 Å². The molecule has 0 aliphatic carbocycles. The van der Waals surface area contributed by atoms with E-state index in [1.165, 1.54) is 5.38 Å². The summed E-state index contributed by atoms with van der Waals surface area (Å²) < 4.78 is 20.9. The van der Waals surface area contributed by atoms with Crippen LogP contribution in [0.4, 0.5) is 5.82 Å². The first kappa shape index (κ1) is 7.45. The number of hydrogen-bond donors (Lipinski definition) is 2. The van der Waals surface area contributed by atoms with Crippen molar-refractivity contribution in [2.45, 2.75) is 4.34 Å². The maximum atomic E-state index is 10.5. The van der Waals surface area contributed by atoms with Gasteiger partial charge in [0.15, 0.2) is 0 Å². The Balaban J connectivity index is 3.21. The smallest absolute Gasteiger partial charge is 0.265 e. The molecule has 0 radical (unpaired) electrons. The highest BCUT2D eigenvalue weighted by Crippen LogP contribution is 2.14. The van der Waals surface area contributed by atoms with Crippen molar-refractivity contribution >= 4 is 27.2 Å². The van der Waals surface area contributed by atoms with Crippen molar-refractivity contribution in [3.8, 4) is 0 Å². The van der Waals surface area contributed by atoms with Crippen LogP contribution in [-0.4, -0.2) is 13.4 Å². The molecular formula is C3H5N3O2S2. The number of thiazole rings is 1. The zero-order valence-corrected chi connectivity index (χ0v) is 6.45. The normalized spacial score (nSPS) is 11.7. The third-order valence-corrected chi connectivity index (χ3v) is 2.96. The van der Waals surface area contributed by atoms with E-state index in [2.05, 4.69) is 4.98 Å². The number of rotatable bonds is 1. The third kappa shape index (κ3) is 1.43. The number of sulfonamides is 1. The molecule has 0 aliphatic rings. The third-order valence-electron chi connectivity index (χ3n) is 0.744. The molecular weight excluding hydrogens is 174 g/mol. The molecule has 0 atom stereocenters. The van der Waals surface area contributed by atoms with Gasteiger partial charge in [-0.3, -0.25) is 0 Å². The van der Waals surface area contributed by atoms with E-state index in [0.29, 0.717) is 0 Å². The minimum atomic E-state index is -3.65. The van der Waals surface area contributed by atoms with Crippen LogP contribution in [0.3, 0.4) is 0 Å². The number of anilines is 1. The highest BCUT2D eigenvalue weighted by atomic mass is 32.2. The lowest BCUT2D eigenvalue weighted by molar-refractivity contribution is 0.597. The Morgan fingerprint density at radius 1 is 1.60 bits per heavy atom. The maximum absolute atomic E-state index is 10.5. The van der Waals surface area contributed by atoms with Crippen molar-refractivity contribution in [2.75, 3.05) is 5.73 Å². The fraction of sp³-hybridized carbons (Fsp3) is 0. The first-order valence-corrected chi connectivity index (χ1v) is 4.66. The van der Waals surface area contributed by atoms with Crippen LogP contribution in [0.2, 0.25) is 0 Å². The van der Waals surface area contributed by atoms with Gasteiger partial charge in [-0.15, -0.1) is 11.3 Å². The summed E-state index contributed by atoms with van der Waals surface area (Å²) in [5.41, 5.74) is 5.15. The summed E-state index contributed by atoms with van der Waals surface area (Å²) in [6.45, 7) is 0. The van der Waals surface area contributed by atoms with Crippen LogP contribution in [0.25, 0.3) is 0 Å². The van der Waals surface area contributed by atoms with E-state index in [1.807, 2.05) is 0 Å². The first-order chi connectivity index (χ1) is 4.50. The van der Waals surface area contributed by atoms with E-state index in [0.717, 1.165) is 11.3 Å². The summed E-state index contributed by atoms with van der Waals surface area (Å²) in [6, 6.07) is 0. The molecule has 7 heteroatoms. The molecule has 0 spiro atoms. The molecule has 0 saturated carbocycles. The first-order valence-electron chi connectivity index (χ1n) is 2.24. The van der Waals surface area contributed by atoms with Gasteiger partial charge >= 0.3 is 0 Å². The van der Waals surface area contributed by atoms with Crippen molar-refractivity contribution in [3.05, 3.63) is 5.38 Å². The van der Waals surface area contributed by atoms with Crippen molar-refractivity contribution in [1.82, 2.24) is 4.98 Å². The van der Waals surface area contributed by atoms with E-state index >= 15 is 0 Å². The average Bonchev–Trinajstić information content (AvgIpc) is 2.11. The number of nitrogen functional groups attached to an aromatic ring is 1. The van der Waals surface area contributed by atoms with Gasteiger partial charge in [-0.2, -0.15) is 0 Å². The number of nitrogens with two attached hydrogens (primary N) is 2. The summed E-state index contributed by atoms with van der Waals surface area (Å²) in [5, 5.41) is 6.15. The Morgan fingerprint density at radius 3 is 2.40 bits per heavy atom. The highest BCUT2D eigenvalue weighted by molar-refractivity contribution is 7.91. The van der Waals surface area contributed by atoms with Crippen LogP contribution in [0, 0.1) is 0 Å². The van der Waals surface area contributed by atoms with Gasteiger partial charge < -0.3 is 5.73 Å². The summed E-state index contributed by atoms with van der Waals surface area (Å²) in [5.74, 6) is 0.175. The Labute approximate surface area is 61.7 Å². The van der Waals surface area contributed by atoms with Gasteiger partial charge in [0.2, 0.25) is 4.34 Å². The molecule has 0 bridgehead atoms. The Morgan fingerprint density at radius 2 is 2.20 bits per heavy atom. The topological polar surface area (TPSA) is 99.1 Å². The minimum Gasteiger partial charge on any atom is -0.383 e. The number of hydrogen-bond acceptors (Lipinski definition) is 5. The quantitative estimate of drug-likeness (QED) is 0.599. The van der Waals surface area contributed by atoms with Crippen LogP contribution in [0.15, 0.2) is 9.72 Å². The average molecular weight is 179 g/mol. The van der Waals surface area contributed by atoms with Crippen molar-refractivity contribution in [1.29, 1.82) is 0 Å². The fourth-order valence-corrected chi connectivity index (χ4v) is 1.75. The second-order valence-corrected chi connectivity index (χ2v) is 4.18. The van der Waals surface area contributed by atoms with E-state index in [4.69, 9.17) is 10.9 Å². The molecule has 1 aromatic rings. The van der Waals surface area contributed by atoms with Crippen LogP contribution >= 0.6 is 11.3 Å². The number of aromatic nitrogens is 1. The van der Waals surface area contributed by atoms with Crippen LogP contribution in [-0.2, 0) is 10.0 Å². The van der Waals surface area contributed by atoms with Crippen LogP contribution < -0.4 is 10.9 Å². The summed E-state index contributed by atoms with van der Waals surface area (Å²) >= 11 is 0.907. The van der Waals surface area contributed by atoms with E-state index in [-0.39, 0.29) is 10.2 Å². The molecule has 0 aliphatic heterocycles. The monoisotopic (exact) mass is 179 g/mol. The molecule has 1 aromatic heterocycles. The number of primary sulfonamides is 1. The second-order valence-electron chi connectivity index (χ2n) is 1.58. The Hall–Kier alpha value is -0.660. The molecule has 0 amide bonds. The molecule has 0 saturated heterocycles.